The van der Waals surface area contributed by atoms with Gasteiger partial charge in [-0.05, 0) is 31.9 Å². The van der Waals surface area contributed by atoms with Gasteiger partial charge in [-0.2, -0.15) is 0 Å². The number of aryl methyl sites for hydroxylation is 1. The van der Waals surface area contributed by atoms with Gasteiger partial charge in [-0.3, -0.25) is 0 Å². The molecule has 1 fully saturated rings. The highest BCUT2D eigenvalue weighted by molar-refractivity contribution is 7.92. The molecule has 4 heteroatoms. The summed E-state index contributed by atoms with van der Waals surface area (Å²) in [6.45, 7) is 1.95. The average molecular weight is 253 g/mol. The third-order valence-electron chi connectivity index (χ3n) is 3.50. The van der Waals surface area contributed by atoms with Crippen LogP contribution in [0.25, 0.3) is 0 Å². The number of hydrogen-bond donors (Lipinski definition) is 1. The van der Waals surface area contributed by atoms with E-state index in [1.807, 2.05) is 19.1 Å². The molecule has 0 heterocycles. The zero-order valence-electron chi connectivity index (χ0n) is 10.1. The van der Waals surface area contributed by atoms with Crippen LogP contribution in [0.2, 0.25) is 0 Å². The van der Waals surface area contributed by atoms with Gasteiger partial charge in [-0.15, -0.1) is 0 Å². The maximum absolute atomic E-state index is 12.4. The van der Waals surface area contributed by atoms with Gasteiger partial charge < -0.3 is 5.73 Å². The molecule has 94 valence electrons. The van der Waals surface area contributed by atoms with E-state index in [1.165, 1.54) is 0 Å². The van der Waals surface area contributed by atoms with Crippen molar-refractivity contribution in [3.63, 3.8) is 0 Å². The second-order valence-electron chi connectivity index (χ2n) is 4.84. The Bertz CT molecular complexity index is 479. The summed E-state index contributed by atoms with van der Waals surface area (Å²) in [6.07, 6.45) is 3.51. The highest BCUT2D eigenvalue weighted by Gasteiger charge is 2.34. The SMILES string of the molecule is Cc1ccc(S(=O)(=O)[C@H]2CCCC[C@@H]2N)cc1. The summed E-state index contributed by atoms with van der Waals surface area (Å²) < 4.78 is 24.9. The Labute approximate surface area is 103 Å². The molecule has 3 nitrogen and oxygen atoms in total. The molecule has 17 heavy (non-hydrogen) atoms. The maximum atomic E-state index is 12.4. The highest BCUT2D eigenvalue weighted by atomic mass is 32.2. The predicted molar refractivity (Wildman–Crippen MR) is 68.6 cm³/mol. The summed E-state index contributed by atoms with van der Waals surface area (Å²) in [5.74, 6) is 0. The molecule has 0 bridgehead atoms. The Hall–Kier alpha value is -0.870. The monoisotopic (exact) mass is 253 g/mol. The molecule has 1 saturated carbocycles. The molecule has 0 aliphatic heterocycles. The van der Waals surface area contributed by atoms with Crippen molar-refractivity contribution < 1.29 is 8.42 Å². The van der Waals surface area contributed by atoms with E-state index in [0.29, 0.717) is 11.3 Å². The van der Waals surface area contributed by atoms with Crippen LogP contribution in [0, 0.1) is 6.92 Å². The Morgan fingerprint density at radius 2 is 1.71 bits per heavy atom. The Morgan fingerprint density at radius 3 is 2.29 bits per heavy atom. The Balaban J connectivity index is 2.32. The van der Waals surface area contributed by atoms with Crippen LogP contribution in [0.15, 0.2) is 29.2 Å². The molecule has 1 aliphatic carbocycles. The molecule has 1 aromatic carbocycles. The van der Waals surface area contributed by atoms with Crippen LogP contribution >= 0.6 is 0 Å². The fourth-order valence-electron chi connectivity index (χ4n) is 2.41. The molecule has 0 spiro atoms. The largest absolute Gasteiger partial charge is 0.327 e. The van der Waals surface area contributed by atoms with Gasteiger partial charge in [0.25, 0.3) is 0 Å². The first-order chi connectivity index (χ1) is 8.01. The van der Waals surface area contributed by atoms with Gasteiger partial charge in [-0.25, -0.2) is 8.42 Å². The summed E-state index contributed by atoms with van der Waals surface area (Å²) in [4.78, 5) is 0.408. The van der Waals surface area contributed by atoms with Crippen molar-refractivity contribution in [1.29, 1.82) is 0 Å². The maximum Gasteiger partial charge on any atom is 0.182 e. The summed E-state index contributed by atoms with van der Waals surface area (Å²) >= 11 is 0. The van der Waals surface area contributed by atoms with E-state index in [0.717, 1.165) is 24.8 Å². The Morgan fingerprint density at radius 1 is 1.12 bits per heavy atom. The molecule has 0 aromatic heterocycles. The van der Waals surface area contributed by atoms with Gasteiger partial charge in [0.1, 0.15) is 0 Å². The van der Waals surface area contributed by atoms with Gasteiger partial charge in [0.05, 0.1) is 10.1 Å². The lowest BCUT2D eigenvalue weighted by Gasteiger charge is -2.28. The van der Waals surface area contributed by atoms with E-state index in [1.54, 1.807) is 12.1 Å². The average Bonchev–Trinajstić information content (AvgIpc) is 2.30. The lowest BCUT2D eigenvalue weighted by molar-refractivity contribution is 0.432. The summed E-state index contributed by atoms with van der Waals surface area (Å²) in [7, 11) is -3.25. The van der Waals surface area contributed by atoms with Crippen molar-refractivity contribution in [2.75, 3.05) is 0 Å². The van der Waals surface area contributed by atoms with E-state index in [4.69, 9.17) is 5.73 Å². The van der Waals surface area contributed by atoms with Crippen LogP contribution in [0.4, 0.5) is 0 Å². The fraction of sp³-hybridized carbons (Fsp3) is 0.538. The van der Waals surface area contributed by atoms with E-state index in [2.05, 4.69) is 0 Å². The first-order valence-corrected chi connectivity index (χ1v) is 7.62. The number of hydrogen-bond acceptors (Lipinski definition) is 3. The van der Waals surface area contributed by atoms with Crippen LogP contribution in [0.5, 0.6) is 0 Å². The van der Waals surface area contributed by atoms with Crippen LogP contribution in [-0.2, 0) is 9.84 Å². The van der Waals surface area contributed by atoms with Crippen LogP contribution in [0.1, 0.15) is 31.2 Å². The molecular weight excluding hydrogens is 234 g/mol. The quantitative estimate of drug-likeness (QED) is 0.877. The van der Waals surface area contributed by atoms with E-state index >= 15 is 0 Å². The minimum absolute atomic E-state index is 0.213. The summed E-state index contributed by atoms with van der Waals surface area (Å²) in [5, 5.41) is -0.404. The number of nitrogens with two attached hydrogens (primary N) is 1. The zero-order valence-corrected chi connectivity index (χ0v) is 10.9. The second kappa shape index (κ2) is 4.78. The summed E-state index contributed by atoms with van der Waals surface area (Å²) in [6, 6.07) is 6.83. The third kappa shape index (κ3) is 2.53. The zero-order chi connectivity index (χ0) is 12.5. The van der Waals surface area contributed by atoms with E-state index < -0.39 is 15.1 Å². The first-order valence-electron chi connectivity index (χ1n) is 6.08. The van der Waals surface area contributed by atoms with Crippen LogP contribution < -0.4 is 5.73 Å². The minimum Gasteiger partial charge on any atom is -0.327 e. The number of benzene rings is 1. The van der Waals surface area contributed by atoms with Crippen molar-refractivity contribution in [2.24, 2.45) is 5.73 Å². The van der Waals surface area contributed by atoms with Gasteiger partial charge in [0.15, 0.2) is 9.84 Å². The van der Waals surface area contributed by atoms with Crippen molar-refractivity contribution >= 4 is 9.84 Å². The van der Waals surface area contributed by atoms with Crippen LogP contribution in [0.3, 0.4) is 0 Å². The lowest BCUT2D eigenvalue weighted by atomic mass is 9.96. The third-order valence-corrected chi connectivity index (χ3v) is 5.81. The molecular formula is C13H19NO2S. The lowest BCUT2D eigenvalue weighted by Crippen LogP contribution is -2.42. The van der Waals surface area contributed by atoms with E-state index in [-0.39, 0.29) is 6.04 Å². The molecule has 1 aliphatic rings. The van der Waals surface area contributed by atoms with Crippen LogP contribution in [-0.4, -0.2) is 19.7 Å². The highest BCUT2D eigenvalue weighted by Crippen LogP contribution is 2.28. The molecule has 2 atom stereocenters. The fourth-order valence-corrected chi connectivity index (χ4v) is 4.35. The first kappa shape index (κ1) is 12.6. The molecule has 2 N–H and O–H groups in total. The summed E-state index contributed by atoms with van der Waals surface area (Å²) in [5.41, 5.74) is 7.02. The second-order valence-corrected chi connectivity index (χ2v) is 7.01. The smallest absolute Gasteiger partial charge is 0.182 e. The van der Waals surface area contributed by atoms with Gasteiger partial charge >= 0.3 is 0 Å². The van der Waals surface area contributed by atoms with Crippen molar-refractivity contribution in [2.45, 2.75) is 48.8 Å². The predicted octanol–water partition coefficient (Wildman–Crippen LogP) is 2.04. The molecule has 0 amide bonds. The van der Waals surface area contributed by atoms with Crippen molar-refractivity contribution in [1.82, 2.24) is 0 Å². The molecule has 0 unspecified atom stereocenters. The van der Waals surface area contributed by atoms with Crippen molar-refractivity contribution in [3.05, 3.63) is 29.8 Å². The Kier molecular flexibility index (Phi) is 3.54. The number of sulfone groups is 1. The molecule has 1 aromatic rings. The van der Waals surface area contributed by atoms with Crippen molar-refractivity contribution in [3.8, 4) is 0 Å². The standard InChI is InChI=1S/C13H19NO2S/c1-10-6-8-11(9-7-10)17(15,16)13-5-3-2-4-12(13)14/h6-9,12-13H,2-5,14H2,1H3/t12-,13-/m0/s1. The van der Waals surface area contributed by atoms with Gasteiger partial charge in [0.2, 0.25) is 0 Å². The van der Waals surface area contributed by atoms with Gasteiger partial charge in [0, 0.05) is 6.04 Å². The minimum atomic E-state index is -3.25. The molecule has 2 rings (SSSR count). The number of rotatable bonds is 2. The molecule has 0 saturated heterocycles. The normalized spacial score (nSPS) is 25.8. The van der Waals surface area contributed by atoms with Gasteiger partial charge in [-0.1, -0.05) is 30.5 Å². The van der Waals surface area contributed by atoms with E-state index in [9.17, 15) is 8.42 Å². The topological polar surface area (TPSA) is 60.2 Å². The molecule has 0 radical (unpaired) electrons.